The van der Waals surface area contributed by atoms with Crippen molar-refractivity contribution in [1.29, 1.82) is 0 Å². The van der Waals surface area contributed by atoms with Crippen molar-refractivity contribution >= 4 is 34.8 Å². The van der Waals surface area contributed by atoms with E-state index in [9.17, 15) is 0 Å². The molecule has 0 aliphatic heterocycles. The SMILES string of the molecule is COCCONC(C)c1ccc(Cl)c(Cl)c1Cl. The highest BCUT2D eigenvalue weighted by Crippen LogP contribution is 2.35. The summed E-state index contributed by atoms with van der Waals surface area (Å²) in [4.78, 5) is 5.21. The second kappa shape index (κ2) is 7.41. The van der Waals surface area contributed by atoms with Gasteiger partial charge in [-0.2, -0.15) is 5.48 Å². The Morgan fingerprint density at radius 1 is 1.18 bits per heavy atom. The normalized spacial score (nSPS) is 12.8. The Kier molecular flexibility index (Phi) is 6.55. The summed E-state index contributed by atoms with van der Waals surface area (Å²) in [6, 6.07) is 3.43. The van der Waals surface area contributed by atoms with E-state index in [4.69, 9.17) is 44.4 Å². The smallest absolute Gasteiger partial charge is 0.0916 e. The molecule has 0 spiro atoms. The van der Waals surface area contributed by atoms with Crippen LogP contribution in [0.2, 0.25) is 15.1 Å². The maximum absolute atomic E-state index is 6.10. The van der Waals surface area contributed by atoms with E-state index in [1.165, 1.54) is 0 Å². The van der Waals surface area contributed by atoms with Crippen molar-refractivity contribution in [3.8, 4) is 0 Å². The van der Waals surface area contributed by atoms with Gasteiger partial charge in [0, 0.05) is 7.11 Å². The van der Waals surface area contributed by atoms with Crippen LogP contribution in [-0.2, 0) is 9.57 Å². The predicted octanol–water partition coefficient (Wildman–Crippen LogP) is 3.88. The van der Waals surface area contributed by atoms with E-state index in [2.05, 4.69) is 5.48 Å². The van der Waals surface area contributed by atoms with Crippen molar-refractivity contribution in [3.05, 3.63) is 32.8 Å². The maximum atomic E-state index is 6.10. The van der Waals surface area contributed by atoms with Gasteiger partial charge < -0.3 is 4.74 Å². The van der Waals surface area contributed by atoms with Gasteiger partial charge in [-0.25, -0.2) is 0 Å². The first-order valence-electron chi connectivity index (χ1n) is 5.07. The summed E-state index contributed by atoms with van der Waals surface area (Å²) in [6.45, 7) is 2.90. The molecule has 0 amide bonds. The summed E-state index contributed by atoms with van der Waals surface area (Å²) in [5.74, 6) is 0. The monoisotopic (exact) mass is 297 g/mol. The quantitative estimate of drug-likeness (QED) is 0.491. The minimum Gasteiger partial charge on any atom is -0.382 e. The third-order valence-electron chi connectivity index (χ3n) is 2.18. The van der Waals surface area contributed by atoms with Gasteiger partial charge in [-0.05, 0) is 18.6 Å². The number of ether oxygens (including phenoxy) is 1. The molecule has 96 valence electrons. The molecule has 17 heavy (non-hydrogen) atoms. The summed E-state index contributed by atoms with van der Waals surface area (Å²) in [5, 5.41) is 1.24. The van der Waals surface area contributed by atoms with Crippen LogP contribution >= 0.6 is 34.8 Å². The number of hydrogen-bond acceptors (Lipinski definition) is 3. The lowest BCUT2D eigenvalue weighted by Gasteiger charge is -2.16. The molecule has 1 rings (SSSR count). The van der Waals surface area contributed by atoms with Crippen LogP contribution in [0, 0.1) is 0 Å². The standard InChI is InChI=1S/C11H14Cl3NO2/c1-7(15-17-6-5-16-2)8-3-4-9(12)11(14)10(8)13/h3-4,7,15H,5-6H2,1-2H3. The van der Waals surface area contributed by atoms with Gasteiger partial charge in [0.15, 0.2) is 0 Å². The van der Waals surface area contributed by atoms with Crippen molar-refractivity contribution < 1.29 is 9.57 Å². The van der Waals surface area contributed by atoms with Crippen LogP contribution in [0.25, 0.3) is 0 Å². The van der Waals surface area contributed by atoms with Gasteiger partial charge in [0.05, 0.1) is 34.3 Å². The number of methoxy groups -OCH3 is 1. The highest BCUT2D eigenvalue weighted by molar-refractivity contribution is 6.48. The minimum absolute atomic E-state index is 0.0888. The van der Waals surface area contributed by atoms with Crippen LogP contribution < -0.4 is 5.48 Å². The van der Waals surface area contributed by atoms with Crippen molar-refractivity contribution in [1.82, 2.24) is 5.48 Å². The number of nitrogens with one attached hydrogen (secondary N) is 1. The van der Waals surface area contributed by atoms with Crippen molar-refractivity contribution in [2.75, 3.05) is 20.3 Å². The van der Waals surface area contributed by atoms with E-state index in [0.717, 1.165) is 5.56 Å². The van der Waals surface area contributed by atoms with E-state index in [1.54, 1.807) is 13.2 Å². The third-order valence-corrected chi connectivity index (χ3v) is 3.49. The molecular formula is C11H14Cl3NO2. The van der Waals surface area contributed by atoms with Gasteiger partial charge in [-0.3, -0.25) is 4.84 Å². The lowest BCUT2D eigenvalue weighted by Crippen LogP contribution is -2.21. The van der Waals surface area contributed by atoms with E-state index in [-0.39, 0.29) is 6.04 Å². The molecule has 1 aromatic carbocycles. The topological polar surface area (TPSA) is 30.5 Å². The molecule has 6 heteroatoms. The lowest BCUT2D eigenvalue weighted by molar-refractivity contribution is -0.00923. The summed E-state index contributed by atoms with van der Waals surface area (Å²) < 4.78 is 4.86. The van der Waals surface area contributed by atoms with Gasteiger partial charge in [-0.1, -0.05) is 40.9 Å². The molecule has 0 bridgehead atoms. The fourth-order valence-corrected chi connectivity index (χ4v) is 1.95. The van der Waals surface area contributed by atoms with Crippen LogP contribution in [0.5, 0.6) is 0 Å². The molecule has 0 aliphatic rings. The molecule has 0 heterocycles. The molecule has 0 aromatic heterocycles. The second-order valence-corrected chi connectivity index (χ2v) is 4.61. The number of hydroxylamine groups is 1. The fourth-order valence-electron chi connectivity index (χ4n) is 1.25. The molecular weight excluding hydrogens is 284 g/mol. The Labute approximate surface area is 116 Å². The number of hydrogen-bond donors (Lipinski definition) is 1. The molecule has 0 saturated carbocycles. The van der Waals surface area contributed by atoms with Crippen LogP contribution in [0.4, 0.5) is 0 Å². The molecule has 3 nitrogen and oxygen atoms in total. The first-order chi connectivity index (χ1) is 8.07. The zero-order chi connectivity index (χ0) is 12.8. The molecule has 1 atom stereocenters. The van der Waals surface area contributed by atoms with Crippen LogP contribution in [-0.4, -0.2) is 20.3 Å². The van der Waals surface area contributed by atoms with Gasteiger partial charge in [0.2, 0.25) is 0 Å². The second-order valence-electron chi connectivity index (χ2n) is 3.45. The van der Waals surface area contributed by atoms with E-state index >= 15 is 0 Å². The maximum Gasteiger partial charge on any atom is 0.0916 e. The van der Waals surface area contributed by atoms with E-state index < -0.39 is 0 Å². The Hall–Kier alpha value is -0.0300. The van der Waals surface area contributed by atoms with Crippen LogP contribution in [0.3, 0.4) is 0 Å². The fraction of sp³-hybridized carbons (Fsp3) is 0.455. The highest BCUT2D eigenvalue weighted by atomic mass is 35.5. The van der Waals surface area contributed by atoms with Gasteiger partial charge in [0.1, 0.15) is 0 Å². The van der Waals surface area contributed by atoms with Crippen molar-refractivity contribution in [2.45, 2.75) is 13.0 Å². The first kappa shape index (κ1) is 15.0. The Bertz CT molecular complexity index is 374. The first-order valence-corrected chi connectivity index (χ1v) is 6.21. The van der Waals surface area contributed by atoms with Crippen LogP contribution in [0.1, 0.15) is 18.5 Å². The third kappa shape index (κ3) is 4.28. The zero-order valence-electron chi connectivity index (χ0n) is 9.60. The number of rotatable bonds is 6. The molecule has 0 radical (unpaired) electrons. The number of halogens is 3. The van der Waals surface area contributed by atoms with Gasteiger partial charge in [0.25, 0.3) is 0 Å². The van der Waals surface area contributed by atoms with Crippen LogP contribution in [0.15, 0.2) is 12.1 Å². The minimum atomic E-state index is -0.0888. The van der Waals surface area contributed by atoms with Gasteiger partial charge in [-0.15, -0.1) is 0 Å². The zero-order valence-corrected chi connectivity index (χ0v) is 11.9. The molecule has 0 aliphatic carbocycles. The summed E-state index contributed by atoms with van der Waals surface area (Å²) in [5.41, 5.74) is 3.69. The van der Waals surface area contributed by atoms with Crippen molar-refractivity contribution in [2.24, 2.45) is 0 Å². The Balaban J connectivity index is 2.63. The molecule has 0 saturated heterocycles. The highest BCUT2D eigenvalue weighted by Gasteiger charge is 2.14. The van der Waals surface area contributed by atoms with E-state index in [1.807, 2.05) is 13.0 Å². The average molecular weight is 299 g/mol. The molecule has 0 fully saturated rings. The summed E-state index contributed by atoms with van der Waals surface area (Å²) in [7, 11) is 1.61. The summed E-state index contributed by atoms with van der Waals surface area (Å²) >= 11 is 17.9. The molecule has 1 aromatic rings. The average Bonchev–Trinajstić information content (AvgIpc) is 2.31. The molecule has 1 unspecified atom stereocenters. The Morgan fingerprint density at radius 2 is 1.88 bits per heavy atom. The van der Waals surface area contributed by atoms with Gasteiger partial charge >= 0.3 is 0 Å². The predicted molar refractivity (Wildman–Crippen MR) is 70.9 cm³/mol. The Morgan fingerprint density at radius 3 is 2.53 bits per heavy atom. The molecule has 1 N–H and O–H groups in total. The largest absolute Gasteiger partial charge is 0.382 e. The van der Waals surface area contributed by atoms with E-state index in [0.29, 0.717) is 28.3 Å². The summed E-state index contributed by atoms with van der Waals surface area (Å²) in [6.07, 6.45) is 0. The number of benzene rings is 1. The lowest BCUT2D eigenvalue weighted by atomic mass is 10.1. The van der Waals surface area contributed by atoms with Crippen molar-refractivity contribution in [3.63, 3.8) is 0 Å².